The fourth-order valence-corrected chi connectivity index (χ4v) is 2.80. The van der Waals surface area contributed by atoms with Gasteiger partial charge in [0.15, 0.2) is 0 Å². The van der Waals surface area contributed by atoms with E-state index in [4.69, 9.17) is 0 Å². The number of aromatic nitrogens is 1. The first kappa shape index (κ1) is 13.6. The van der Waals surface area contributed by atoms with Crippen LogP contribution < -0.4 is 5.32 Å². The highest BCUT2D eigenvalue weighted by molar-refractivity contribution is 5.92. The Morgan fingerprint density at radius 1 is 1.50 bits per heavy atom. The zero-order chi connectivity index (χ0) is 14.2. The first-order valence-electron chi connectivity index (χ1n) is 7.62. The van der Waals surface area contributed by atoms with Gasteiger partial charge in [0.05, 0.1) is 0 Å². The van der Waals surface area contributed by atoms with Crippen LogP contribution in [0.15, 0.2) is 18.2 Å². The zero-order valence-electron chi connectivity index (χ0n) is 12.4. The van der Waals surface area contributed by atoms with E-state index in [2.05, 4.69) is 24.1 Å². The molecule has 1 aromatic rings. The lowest BCUT2D eigenvalue weighted by Gasteiger charge is -2.41. The quantitative estimate of drug-likeness (QED) is 0.918. The predicted octanol–water partition coefficient (Wildman–Crippen LogP) is 2.17. The van der Waals surface area contributed by atoms with Gasteiger partial charge >= 0.3 is 0 Å². The van der Waals surface area contributed by atoms with Crippen LogP contribution in [-0.4, -0.2) is 41.0 Å². The first-order valence-corrected chi connectivity index (χ1v) is 7.62. The van der Waals surface area contributed by atoms with E-state index in [0.29, 0.717) is 11.6 Å². The Kier molecular flexibility index (Phi) is 3.50. The summed E-state index contributed by atoms with van der Waals surface area (Å²) in [4.78, 5) is 19.1. The summed E-state index contributed by atoms with van der Waals surface area (Å²) in [6.45, 7) is 6.73. The summed E-state index contributed by atoms with van der Waals surface area (Å²) in [7, 11) is 0. The lowest BCUT2D eigenvalue weighted by atomic mass is 9.95. The molecule has 1 amide bonds. The maximum Gasteiger partial charge on any atom is 0.272 e. The fraction of sp³-hybridized carbons (Fsp3) is 0.625. The maximum atomic E-state index is 12.6. The molecule has 1 saturated carbocycles. The number of hydrogen-bond acceptors (Lipinski definition) is 3. The number of rotatable bonds is 3. The molecule has 4 heteroatoms. The van der Waals surface area contributed by atoms with E-state index in [-0.39, 0.29) is 11.4 Å². The molecule has 1 unspecified atom stereocenters. The van der Waals surface area contributed by atoms with Crippen molar-refractivity contribution in [1.29, 1.82) is 0 Å². The van der Waals surface area contributed by atoms with Gasteiger partial charge in [-0.15, -0.1) is 0 Å². The summed E-state index contributed by atoms with van der Waals surface area (Å²) < 4.78 is 0. The van der Waals surface area contributed by atoms with E-state index < -0.39 is 0 Å². The van der Waals surface area contributed by atoms with Crippen LogP contribution in [0, 0.1) is 0 Å². The highest BCUT2D eigenvalue weighted by atomic mass is 16.2. The van der Waals surface area contributed by atoms with Crippen molar-refractivity contribution >= 4 is 5.91 Å². The highest BCUT2D eigenvalue weighted by Gasteiger charge is 2.32. The molecule has 0 aromatic carbocycles. The zero-order valence-corrected chi connectivity index (χ0v) is 12.4. The van der Waals surface area contributed by atoms with Gasteiger partial charge in [0.2, 0.25) is 0 Å². The average molecular weight is 273 g/mol. The number of amides is 1. The second kappa shape index (κ2) is 5.17. The second-order valence-electron chi connectivity index (χ2n) is 6.29. The largest absolute Gasteiger partial charge is 0.334 e. The van der Waals surface area contributed by atoms with E-state index >= 15 is 0 Å². The summed E-state index contributed by atoms with van der Waals surface area (Å²) in [5.74, 6) is 0.667. The van der Waals surface area contributed by atoms with E-state index in [1.54, 1.807) is 0 Å². The van der Waals surface area contributed by atoms with E-state index in [1.807, 2.05) is 23.1 Å². The monoisotopic (exact) mass is 273 g/mol. The van der Waals surface area contributed by atoms with Crippen molar-refractivity contribution in [3.63, 3.8) is 0 Å². The Bertz CT molecular complexity index is 512. The number of hydrogen-bond donors (Lipinski definition) is 1. The molecular weight excluding hydrogens is 250 g/mol. The van der Waals surface area contributed by atoms with Crippen LogP contribution >= 0.6 is 0 Å². The minimum atomic E-state index is 0.0298. The summed E-state index contributed by atoms with van der Waals surface area (Å²) in [6, 6.07) is 5.86. The standard InChI is InChI=1S/C16H23N3O/c1-3-16(2)11-19(10-9-17-16)15(20)14-6-4-5-13(18-14)12-7-8-12/h4-6,12,17H,3,7-11H2,1-2H3. The van der Waals surface area contributed by atoms with Crippen molar-refractivity contribution in [2.75, 3.05) is 19.6 Å². The summed E-state index contributed by atoms with van der Waals surface area (Å²) >= 11 is 0. The molecule has 1 atom stereocenters. The van der Waals surface area contributed by atoms with Crippen LogP contribution in [0.25, 0.3) is 0 Å². The Morgan fingerprint density at radius 3 is 3.00 bits per heavy atom. The molecule has 1 N–H and O–H groups in total. The van der Waals surface area contributed by atoms with Gasteiger partial charge in [-0.25, -0.2) is 4.98 Å². The molecule has 1 aliphatic carbocycles. The Balaban J connectivity index is 1.76. The SMILES string of the molecule is CCC1(C)CN(C(=O)c2cccc(C3CC3)n2)CCN1. The lowest BCUT2D eigenvalue weighted by molar-refractivity contribution is 0.0626. The first-order chi connectivity index (χ1) is 9.61. The second-order valence-corrected chi connectivity index (χ2v) is 6.29. The van der Waals surface area contributed by atoms with Crippen LogP contribution in [0.5, 0.6) is 0 Å². The molecular formula is C16H23N3O. The van der Waals surface area contributed by atoms with Crippen LogP contribution in [0.3, 0.4) is 0 Å². The Labute approximate surface area is 120 Å². The third-order valence-corrected chi connectivity index (χ3v) is 4.53. The third kappa shape index (κ3) is 2.70. The third-order valence-electron chi connectivity index (χ3n) is 4.53. The fourth-order valence-electron chi connectivity index (χ4n) is 2.80. The Morgan fingerprint density at radius 2 is 2.30 bits per heavy atom. The molecule has 1 aliphatic heterocycles. The maximum absolute atomic E-state index is 12.6. The summed E-state index contributed by atoms with van der Waals surface area (Å²) in [6.07, 6.45) is 3.45. The number of nitrogens with zero attached hydrogens (tertiary/aromatic N) is 2. The van der Waals surface area contributed by atoms with Gasteiger partial charge in [-0.2, -0.15) is 0 Å². The van der Waals surface area contributed by atoms with Gasteiger partial charge in [-0.1, -0.05) is 13.0 Å². The number of piperazine rings is 1. The van der Waals surface area contributed by atoms with Gasteiger partial charge in [0.1, 0.15) is 5.69 Å². The van der Waals surface area contributed by atoms with Gasteiger partial charge in [-0.3, -0.25) is 4.79 Å². The molecule has 1 saturated heterocycles. The van der Waals surface area contributed by atoms with Crippen molar-refractivity contribution in [2.45, 2.75) is 44.6 Å². The van der Waals surface area contributed by atoms with Gasteiger partial charge in [0.25, 0.3) is 5.91 Å². The molecule has 1 aromatic heterocycles. The average Bonchev–Trinajstić information content (AvgIpc) is 3.31. The molecule has 2 fully saturated rings. The highest BCUT2D eigenvalue weighted by Crippen LogP contribution is 2.38. The smallest absolute Gasteiger partial charge is 0.272 e. The predicted molar refractivity (Wildman–Crippen MR) is 78.8 cm³/mol. The van der Waals surface area contributed by atoms with Crippen molar-refractivity contribution in [3.05, 3.63) is 29.6 Å². The van der Waals surface area contributed by atoms with Gasteiger partial charge in [-0.05, 0) is 38.3 Å². The molecule has 108 valence electrons. The van der Waals surface area contributed by atoms with Crippen LogP contribution in [0.4, 0.5) is 0 Å². The molecule has 2 aliphatic rings. The molecule has 4 nitrogen and oxygen atoms in total. The van der Waals surface area contributed by atoms with Crippen molar-refractivity contribution < 1.29 is 4.79 Å². The summed E-state index contributed by atoms with van der Waals surface area (Å²) in [5.41, 5.74) is 1.72. The van der Waals surface area contributed by atoms with Gasteiger partial charge < -0.3 is 10.2 Å². The lowest BCUT2D eigenvalue weighted by Crippen LogP contribution is -2.59. The minimum Gasteiger partial charge on any atom is -0.334 e. The Hall–Kier alpha value is -1.42. The van der Waals surface area contributed by atoms with Crippen molar-refractivity contribution in [2.24, 2.45) is 0 Å². The molecule has 20 heavy (non-hydrogen) atoms. The molecule has 0 radical (unpaired) electrons. The van der Waals surface area contributed by atoms with Crippen molar-refractivity contribution in [1.82, 2.24) is 15.2 Å². The number of pyridine rings is 1. The molecule has 0 bridgehead atoms. The molecule has 0 spiro atoms. The molecule has 2 heterocycles. The van der Waals surface area contributed by atoms with Crippen LogP contribution in [-0.2, 0) is 0 Å². The van der Waals surface area contributed by atoms with Crippen LogP contribution in [0.1, 0.15) is 55.2 Å². The molecule has 3 rings (SSSR count). The van der Waals surface area contributed by atoms with E-state index in [0.717, 1.165) is 31.7 Å². The number of carbonyl (C=O) groups is 1. The van der Waals surface area contributed by atoms with Crippen molar-refractivity contribution in [3.8, 4) is 0 Å². The topological polar surface area (TPSA) is 45.2 Å². The van der Waals surface area contributed by atoms with Gasteiger partial charge in [0, 0.05) is 36.8 Å². The number of nitrogens with one attached hydrogen (secondary N) is 1. The van der Waals surface area contributed by atoms with E-state index in [9.17, 15) is 4.79 Å². The summed E-state index contributed by atoms with van der Waals surface area (Å²) in [5, 5.41) is 3.51. The normalized spacial score (nSPS) is 26.6. The van der Waals surface area contributed by atoms with Crippen LogP contribution in [0.2, 0.25) is 0 Å². The minimum absolute atomic E-state index is 0.0298. The number of carbonyl (C=O) groups excluding carboxylic acids is 1. The van der Waals surface area contributed by atoms with E-state index in [1.165, 1.54) is 12.8 Å².